The second-order valence-corrected chi connectivity index (χ2v) is 7.84. The molecule has 0 saturated carbocycles. The monoisotopic (exact) mass is 404 g/mol. The summed E-state index contributed by atoms with van der Waals surface area (Å²) in [5.74, 6) is 0.914. The number of pyridine rings is 1. The van der Waals surface area contributed by atoms with Crippen molar-refractivity contribution in [2.45, 2.75) is 13.8 Å². The van der Waals surface area contributed by atoms with Gasteiger partial charge in [-0.25, -0.2) is 9.67 Å². The molecule has 1 amide bonds. The third-order valence-electron chi connectivity index (χ3n) is 5.63. The van der Waals surface area contributed by atoms with Gasteiger partial charge in [-0.05, 0) is 50.2 Å². The lowest BCUT2D eigenvalue weighted by molar-refractivity contribution is 0.0747. The highest BCUT2D eigenvalue weighted by Gasteiger charge is 2.26. The number of nitrogens with zero attached hydrogens (tertiary/aromatic N) is 6. The van der Waals surface area contributed by atoms with Crippen LogP contribution in [0.1, 0.15) is 21.7 Å². The van der Waals surface area contributed by atoms with E-state index in [1.54, 1.807) is 6.20 Å². The second kappa shape index (κ2) is 8.18. The number of hydrogen-bond acceptors (Lipinski definition) is 5. The Morgan fingerprint density at radius 2 is 1.67 bits per heavy atom. The summed E-state index contributed by atoms with van der Waals surface area (Å²) < 4.78 is 1.90. The van der Waals surface area contributed by atoms with E-state index in [-0.39, 0.29) is 5.91 Å². The summed E-state index contributed by atoms with van der Waals surface area (Å²) in [7, 11) is 3.99. The number of amides is 1. The summed E-state index contributed by atoms with van der Waals surface area (Å²) in [6.45, 7) is 7.08. The summed E-state index contributed by atoms with van der Waals surface area (Å²) >= 11 is 0. The second-order valence-electron chi connectivity index (χ2n) is 7.84. The first-order valence-corrected chi connectivity index (χ1v) is 10.2. The molecule has 7 nitrogen and oxygen atoms in total. The molecule has 4 rings (SSSR count). The van der Waals surface area contributed by atoms with Gasteiger partial charge in [-0.3, -0.25) is 4.79 Å². The molecule has 0 atom stereocenters. The molecule has 1 aliphatic heterocycles. The van der Waals surface area contributed by atoms with Crippen LogP contribution >= 0.6 is 0 Å². The zero-order valence-electron chi connectivity index (χ0n) is 18.0. The lowest BCUT2D eigenvalue weighted by Crippen LogP contribution is -2.49. The van der Waals surface area contributed by atoms with Gasteiger partial charge >= 0.3 is 0 Å². The minimum absolute atomic E-state index is 0.0950. The Hall–Kier alpha value is -3.35. The molecule has 0 spiro atoms. The molecule has 0 bridgehead atoms. The highest BCUT2D eigenvalue weighted by atomic mass is 16.2. The lowest BCUT2D eigenvalue weighted by atomic mass is 10.1. The molecule has 1 aliphatic rings. The number of rotatable bonds is 4. The van der Waals surface area contributed by atoms with E-state index in [1.807, 2.05) is 78.0 Å². The Bertz CT molecular complexity index is 1020. The predicted octanol–water partition coefficient (Wildman–Crippen LogP) is 2.91. The van der Waals surface area contributed by atoms with Gasteiger partial charge in [-0.2, -0.15) is 5.10 Å². The summed E-state index contributed by atoms with van der Waals surface area (Å²) in [5.41, 5.74) is 5.03. The highest BCUT2D eigenvalue weighted by Crippen LogP contribution is 2.27. The molecule has 0 unspecified atom stereocenters. The number of carbonyl (C=O) groups is 1. The molecule has 0 aliphatic carbocycles. The van der Waals surface area contributed by atoms with Crippen molar-refractivity contribution in [3.63, 3.8) is 0 Å². The van der Waals surface area contributed by atoms with Gasteiger partial charge in [0.2, 0.25) is 0 Å². The summed E-state index contributed by atoms with van der Waals surface area (Å²) in [5, 5.41) is 4.71. The molecule has 1 fully saturated rings. The zero-order valence-corrected chi connectivity index (χ0v) is 18.0. The average Bonchev–Trinajstić information content (AvgIpc) is 3.08. The van der Waals surface area contributed by atoms with E-state index < -0.39 is 0 Å². The third kappa shape index (κ3) is 3.75. The van der Waals surface area contributed by atoms with Crippen LogP contribution in [0, 0.1) is 13.8 Å². The first-order valence-electron chi connectivity index (χ1n) is 10.2. The van der Waals surface area contributed by atoms with Gasteiger partial charge in [0.25, 0.3) is 5.91 Å². The van der Waals surface area contributed by atoms with Gasteiger partial charge in [0, 0.05) is 57.7 Å². The van der Waals surface area contributed by atoms with Crippen LogP contribution in [0.15, 0.2) is 48.7 Å². The summed E-state index contributed by atoms with van der Waals surface area (Å²) in [6, 6.07) is 13.6. The summed E-state index contributed by atoms with van der Waals surface area (Å²) in [4.78, 5) is 23.6. The Morgan fingerprint density at radius 1 is 0.967 bits per heavy atom. The fraction of sp³-hybridized carbons (Fsp3) is 0.348. The number of aromatic nitrogens is 3. The molecule has 3 heterocycles. The predicted molar refractivity (Wildman–Crippen MR) is 120 cm³/mol. The molecule has 2 aromatic heterocycles. The number of piperazine rings is 1. The lowest BCUT2D eigenvalue weighted by Gasteiger charge is -2.36. The fourth-order valence-corrected chi connectivity index (χ4v) is 4.01. The average molecular weight is 405 g/mol. The van der Waals surface area contributed by atoms with E-state index in [4.69, 9.17) is 5.10 Å². The van der Waals surface area contributed by atoms with Crippen LogP contribution < -0.4 is 9.80 Å². The minimum atomic E-state index is 0.0950. The van der Waals surface area contributed by atoms with E-state index in [0.29, 0.717) is 13.1 Å². The first-order chi connectivity index (χ1) is 14.5. The van der Waals surface area contributed by atoms with Crippen molar-refractivity contribution in [1.29, 1.82) is 0 Å². The highest BCUT2D eigenvalue weighted by molar-refractivity contribution is 5.94. The van der Waals surface area contributed by atoms with E-state index >= 15 is 0 Å². The molecule has 0 radical (unpaired) electrons. The van der Waals surface area contributed by atoms with Gasteiger partial charge in [0.15, 0.2) is 5.82 Å². The quantitative estimate of drug-likeness (QED) is 0.669. The van der Waals surface area contributed by atoms with Crippen LogP contribution in [-0.2, 0) is 0 Å². The first kappa shape index (κ1) is 19.9. The Balaban J connectivity index is 1.46. The van der Waals surface area contributed by atoms with Gasteiger partial charge in [-0.15, -0.1) is 0 Å². The van der Waals surface area contributed by atoms with Crippen LogP contribution in [0.2, 0.25) is 0 Å². The van der Waals surface area contributed by atoms with Crippen LogP contribution in [0.5, 0.6) is 0 Å². The topological polar surface area (TPSA) is 57.5 Å². The minimum Gasteiger partial charge on any atom is -0.378 e. The van der Waals surface area contributed by atoms with Crippen molar-refractivity contribution in [2.24, 2.45) is 0 Å². The van der Waals surface area contributed by atoms with E-state index in [0.717, 1.165) is 47.2 Å². The van der Waals surface area contributed by atoms with Crippen LogP contribution in [-0.4, -0.2) is 65.8 Å². The van der Waals surface area contributed by atoms with Gasteiger partial charge < -0.3 is 14.7 Å². The van der Waals surface area contributed by atoms with Crippen molar-refractivity contribution in [2.75, 3.05) is 50.1 Å². The van der Waals surface area contributed by atoms with Gasteiger partial charge in [-0.1, -0.05) is 6.07 Å². The van der Waals surface area contributed by atoms with E-state index in [9.17, 15) is 4.79 Å². The number of hydrogen-bond donors (Lipinski definition) is 0. The molecule has 30 heavy (non-hydrogen) atoms. The molecule has 156 valence electrons. The number of anilines is 2. The van der Waals surface area contributed by atoms with Crippen molar-refractivity contribution >= 4 is 17.3 Å². The maximum atomic E-state index is 12.9. The SMILES string of the molecule is Cc1nn(-c2ccccn2)c(C)c1N1CCN(C(=O)c2ccc(N(C)C)cc2)CC1. The van der Waals surface area contributed by atoms with Gasteiger partial charge in [0.05, 0.1) is 17.1 Å². The maximum Gasteiger partial charge on any atom is 0.253 e. The van der Waals surface area contributed by atoms with Crippen LogP contribution in [0.3, 0.4) is 0 Å². The number of carbonyl (C=O) groups excluding carboxylic acids is 1. The molecule has 3 aromatic rings. The van der Waals surface area contributed by atoms with Crippen molar-refractivity contribution in [1.82, 2.24) is 19.7 Å². The van der Waals surface area contributed by atoms with Crippen LogP contribution in [0.25, 0.3) is 5.82 Å². The Morgan fingerprint density at radius 3 is 2.27 bits per heavy atom. The van der Waals surface area contributed by atoms with E-state index in [2.05, 4.69) is 16.8 Å². The smallest absolute Gasteiger partial charge is 0.253 e. The molecule has 1 saturated heterocycles. The molecule has 1 aromatic carbocycles. The maximum absolute atomic E-state index is 12.9. The largest absolute Gasteiger partial charge is 0.378 e. The normalized spacial score (nSPS) is 14.1. The molecular formula is C23H28N6O. The van der Waals surface area contributed by atoms with Crippen molar-refractivity contribution in [3.05, 3.63) is 65.6 Å². The van der Waals surface area contributed by atoms with Gasteiger partial charge in [0.1, 0.15) is 0 Å². The summed E-state index contributed by atoms with van der Waals surface area (Å²) in [6.07, 6.45) is 1.78. The number of aryl methyl sites for hydroxylation is 1. The standard InChI is InChI=1S/C23H28N6O/c1-17-22(18(2)29(25-17)21-7-5-6-12-24-21)27-13-15-28(16-14-27)23(30)19-8-10-20(11-9-19)26(3)4/h5-12H,13-16H2,1-4H3. The third-order valence-corrected chi connectivity index (χ3v) is 5.63. The number of benzene rings is 1. The van der Waals surface area contributed by atoms with Crippen molar-refractivity contribution < 1.29 is 4.79 Å². The van der Waals surface area contributed by atoms with Crippen molar-refractivity contribution in [3.8, 4) is 5.82 Å². The Labute approximate surface area is 177 Å². The Kier molecular flexibility index (Phi) is 5.44. The van der Waals surface area contributed by atoms with E-state index in [1.165, 1.54) is 0 Å². The van der Waals surface area contributed by atoms with Crippen LogP contribution in [0.4, 0.5) is 11.4 Å². The molecule has 0 N–H and O–H groups in total. The molecule has 7 heteroatoms. The molecular weight excluding hydrogens is 376 g/mol. The fourth-order valence-electron chi connectivity index (χ4n) is 4.01. The zero-order chi connectivity index (χ0) is 21.3.